The Hall–Kier alpha value is -0.570. The first-order chi connectivity index (χ1) is 8.70. The number of nitrogens with zero attached hydrogens (tertiary/aromatic N) is 1. The highest BCUT2D eigenvalue weighted by atomic mass is 35.5. The number of rotatable bonds is 4. The molecule has 0 aliphatic carbocycles. The van der Waals surface area contributed by atoms with Crippen molar-refractivity contribution in [2.75, 3.05) is 19.6 Å². The fourth-order valence-corrected chi connectivity index (χ4v) is 2.94. The van der Waals surface area contributed by atoms with Crippen LogP contribution in [-0.2, 0) is 6.54 Å². The topological polar surface area (TPSA) is 15.3 Å². The van der Waals surface area contributed by atoms with Crippen LogP contribution < -0.4 is 5.32 Å². The molecule has 3 heteroatoms. The molecule has 0 spiro atoms. The highest BCUT2D eigenvalue weighted by molar-refractivity contribution is 6.31. The zero-order valence-corrected chi connectivity index (χ0v) is 12.1. The van der Waals surface area contributed by atoms with Gasteiger partial charge in [-0.15, -0.1) is 0 Å². The van der Waals surface area contributed by atoms with Gasteiger partial charge in [0.2, 0.25) is 0 Å². The van der Waals surface area contributed by atoms with Crippen LogP contribution in [0.2, 0.25) is 5.02 Å². The second-order valence-corrected chi connectivity index (χ2v) is 5.57. The van der Waals surface area contributed by atoms with Crippen molar-refractivity contribution in [3.05, 3.63) is 34.3 Å². The molecule has 0 saturated carbocycles. The molecule has 1 fully saturated rings. The summed E-state index contributed by atoms with van der Waals surface area (Å²) in [7, 11) is 0. The van der Waals surface area contributed by atoms with Gasteiger partial charge in [-0.3, -0.25) is 4.90 Å². The van der Waals surface area contributed by atoms with Gasteiger partial charge >= 0.3 is 0 Å². The van der Waals surface area contributed by atoms with E-state index in [1.165, 1.54) is 30.5 Å². The third kappa shape index (κ3) is 3.47. The summed E-state index contributed by atoms with van der Waals surface area (Å²) in [6.45, 7) is 8.63. The van der Waals surface area contributed by atoms with E-state index < -0.39 is 0 Å². The number of piperidine rings is 1. The van der Waals surface area contributed by atoms with Crippen molar-refractivity contribution in [2.24, 2.45) is 0 Å². The summed E-state index contributed by atoms with van der Waals surface area (Å²) >= 11 is 6.33. The van der Waals surface area contributed by atoms with Crippen molar-refractivity contribution in [1.82, 2.24) is 10.2 Å². The van der Waals surface area contributed by atoms with Gasteiger partial charge in [-0.2, -0.15) is 0 Å². The highest BCUT2D eigenvalue weighted by Crippen LogP contribution is 2.21. The van der Waals surface area contributed by atoms with E-state index >= 15 is 0 Å². The minimum atomic E-state index is 0.654. The number of nitrogens with one attached hydrogen (secondary N) is 1. The molecule has 1 aromatic carbocycles. The molecule has 100 valence electrons. The van der Waals surface area contributed by atoms with Crippen LogP contribution in [0.4, 0.5) is 0 Å². The summed E-state index contributed by atoms with van der Waals surface area (Å²) in [6, 6.07) is 7.02. The van der Waals surface area contributed by atoms with Crippen LogP contribution in [0.15, 0.2) is 18.2 Å². The van der Waals surface area contributed by atoms with Crippen molar-refractivity contribution in [3.8, 4) is 0 Å². The summed E-state index contributed by atoms with van der Waals surface area (Å²) in [6.07, 6.45) is 2.58. The number of hydrogen-bond acceptors (Lipinski definition) is 2. The molecule has 0 aromatic heterocycles. The van der Waals surface area contributed by atoms with E-state index in [1.54, 1.807) is 0 Å². The molecule has 0 bridgehead atoms. The van der Waals surface area contributed by atoms with Crippen LogP contribution >= 0.6 is 11.6 Å². The van der Waals surface area contributed by atoms with Gasteiger partial charge in [0.15, 0.2) is 0 Å². The summed E-state index contributed by atoms with van der Waals surface area (Å²) in [5.74, 6) is 0. The van der Waals surface area contributed by atoms with Gasteiger partial charge < -0.3 is 5.32 Å². The van der Waals surface area contributed by atoms with Crippen molar-refractivity contribution in [2.45, 2.75) is 39.3 Å². The van der Waals surface area contributed by atoms with Gasteiger partial charge in [0.05, 0.1) is 0 Å². The maximum absolute atomic E-state index is 6.33. The smallest absolute Gasteiger partial charge is 0.0453 e. The third-order valence-electron chi connectivity index (χ3n) is 3.78. The Morgan fingerprint density at radius 1 is 1.44 bits per heavy atom. The van der Waals surface area contributed by atoms with Crippen LogP contribution in [0.3, 0.4) is 0 Å². The van der Waals surface area contributed by atoms with Gasteiger partial charge in [-0.25, -0.2) is 0 Å². The second-order valence-electron chi connectivity index (χ2n) is 5.16. The molecule has 0 amide bonds. The zero-order valence-electron chi connectivity index (χ0n) is 11.4. The molecular formula is C15H23ClN2. The van der Waals surface area contributed by atoms with Crippen LogP contribution in [0.25, 0.3) is 0 Å². The molecule has 1 saturated heterocycles. The summed E-state index contributed by atoms with van der Waals surface area (Å²) in [5.41, 5.74) is 2.47. The fourth-order valence-electron chi connectivity index (χ4n) is 2.64. The Morgan fingerprint density at radius 2 is 2.28 bits per heavy atom. The Balaban J connectivity index is 2.04. The quantitative estimate of drug-likeness (QED) is 0.900. The lowest BCUT2D eigenvalue weighted by atomic mass is 10.0. The number of hydrogen-bond donors (Lipinski definition) is 1. The Kier molecular flexibility index (Phi) is 5.04. The molecule has 1 aliphatic heterocycles. The van der Waals surface area contributed by atoms with Crippen molar-refractivity contribution >= 4 is 11.6 Å². The van der Waals surface area contributed by atoms with E-state index in [9.17, 15) is 0 Å². The second kappa shape index (κ2) is 6.55. The molecule has 1 aliphatic rings. The molecule has 1 atom stereocenters. The van der Waals surface area contributed by atoms with E-state index in [1.807, 2.05) is 0 Å². The molecule has 1 aromatic rings. The summed E-state index contributed by atoms with van der Waals surface area (Å²) < 4.78 is 0. The average Bonchev–Trinajstić information content (AvgIpc) is 2.39. The Bertz CT molecular complexity index is 386. The van der Waals surface area contributed by atoms with Crippen LogP contribution in [0, 0.1) is 6.92 Å². The maximum atomic E-state index is 6.33. The average molecular weight is 267 g/mol. The van der Waals surface area contributed by atoms with Gasteiger partial charge in [-0.1, -0.05) is 30.7 Å². The molecule has 1 N–H and O–H groups in total. The van der Waals surface area contributed by atoms with Gasteiger partial charge in [0, 0.05) is 24.2 Å². The minimum absolute atomic E-state index is 0.654. The van der Waals surface area contributed by atoms with Crippen molar-refractivity contribution < 1.29 is 0 Å². The third-order valence-corrected chi connectivity index (χ3v) is 4.13. The SMILES string of the molecule is CCN(Cc1ccc(C)cc1Cl)C1CCCNC1. The largest absolute Gasteiger partial charge is 0.315 e. The Morgan fingerprint density at radius 3 is 2.89 bits per heavy atom. The predicted molar refractivity (Wildman–Crippen MR) is 78.2 cm³/mol. The van der Waals surface area contributed by atoms with E-state index in [-0.39, 0.29) is 0 Å². The van der Waals surface area contributed by atoms with Crippen molar-refractivity contribution in [3.63, 3.8) is 0 Å². The summed E-state index contributed by atoms with van der Waals surface area (Å²) in [5, 5.41) is 4.38. The number of benzene rings is 1. The standard InChI is InChI=1S/C15H23ClN2/c1-3-18(14-5-4-8-17-10-14)11-13-7-6-12(2)9-15(13)16/h6-7,9,14,17H,3-5,8,10-11H2,1-2H3. The van der Waals surface area contributed by atoms with Crippen LogP contribution in [0.5, 0.6) is 0 Å². The minimum Gasteiger partial charge on any atom is -0.315 e. The van der Waals surface area contributed by atoms with E-state index in [4.69, 9.17) is 11.6 Å². The predicted octanol–water partition coefficient (Wildman–Crippen LogP) is 3.22. The molecular weight excluding hydrogens is 244 g/mol. The molecule has 0 radical (unpaired) electrons. The van der Waals surface area contributed by atoms with Gasteiger partial charge in [-0.05, 0) is 50.0 Å². The first-order valence-electron chi connectivity index (χ1n) is 6.90. The van der Waals surface area contributed by atoms with Crippen molar-refractivity contribution in [1.29, 1.82) is 0 Å². The van der Waals surface area contributed by atoms with Gasteiger partial charge in [0.25, 0.3) is 0 Å². The molecule has 2 nitrogen and oxygen atoms in total. The van der Waals surface area contributed by atoms with E-state index in [0.717, 1.165) is 24.7 Å². The first kappa shape index (κ1) is 13.9. The lowest BCUT2D eigenvalue weighted by molar-refractivity contribution is 0.166. The maximum Gasteiger partial charge on any atom is 0.0453 e. The molecule has 1 unspecified atom stereocenters. The summed E-state index contributed by atoms with van der Waals surface area (Å²) in [4.78, 5) is 2.53. The Labute approximate surface area is 115 Å². The molecule has 18 heavy (non-hydrogen) atoms. The molecule has 2 rings (SSSR count). The van der Waals surface area contributed by atoms with Crippen LogP contribution in [0.1, 0.15) is 30.9 Å². The number of aryl methyl sites for hydroxylation is 1. The number of halogens is 1. The van der Waals surface area contributed by atoms with E-state index in [0.29, 0.717) is 6.04 Å². The first-order valence-corrected chi connectivity index (χ1v) is 7.28. The lowest BCUT2D eigenvalue weighted by Crippen LogP contribution is -2.45. The number of likely N-dealkylation sites (N-methyl/N-ethyl adjacent to an activating group) is 1. The lowest BCUT2D eigenvalue weighted by Gasteiger charge is -2.34. The van der Waals surface area contributed by atoms with E-state index in [2.05, 4.69) is 42.3 Å². The molecule has 1 heterocycles. The zero-order chi connectivity index (χ0) is 13.0. The normalized spacial score (nSPS) is 20.3. The highest BCUT2D eigenvalue weighted by Gasteiger charge is 2.20. The van der Waals surface area contributed by atoms with Crippen LogP contribution in [-0.4, -0.2) is 30.6 Å². The monoisotopic (exact) mass is 266 g/mol. The fraction of sp³-hybridized carbons (Fsp3) is 0.600. The van der Waals surface area contributed by atoms with Gasteiger partial charge in [0.1, 0.15) is 0 Å².